The third-order valence-corrected chi connectivity index (χ3v) is 4.46. The van der Waals surface area contributed by atoms with Crippen LogP contribution in [0.25, 0.3) is 0 Å². The zero-order chi connectivity index (χ0) is 19.4. The van der Waals surface area contributed by atoms with Gasteiger partial charge in [0.1, 0.15) is 0 Å². The van der Waals surface area contributed by atoms with Crippen LogP contribution in [-0.2, 0) is 0 Å². The molecule has 2 aromatic rings. The molecule has 1 heterocycles. The number of aliphatic hydroxyl groups is 1. The van der Waals surface area contributed by atoms with Crippen LogP contribution in [0.5, 0.6) is 5.75 Å². The second-order valence-electron chi connectivity index (χ2n) is 6.36. The lowest BCUT2D eigenvalue weighted by atomic mass is 10.1. The molecule has 0 saturated carbocycles. The van der Waals surface area contributed by atoms with Gasteiger partial charge in [-0.05, 0) is 49.1 Å². The molecular formula is C21H21FNO4. The predicted octanol–water partition coefficient (Wildman–Crippen LogP) is 3.54. The summed E-state index contributed by atoms with van der Waals surface area (Å²) in [5, 5.41) is 9.89. The number of hydrogen-bond acceptors (Lipinski definition) is 4. The van der Waals surface area contributed by atoms with Crippen molar-refractivity contribution in [2.75, 3.05) is 13.2 Å². The standard InChI is InChI=1S/C21H21FNO4/c1-2-6-18(24)14-9-10-19(17(22)13-14)27-12-5-11-23-20(25)15-7-3-4-8-16(15)21(23)26/h2-4,7-10,13,18,24H,5-6,11-12H2,1H3. The predicted molar refractivity (Wildman–Crippen MR) is 97.9 cm³/mol. The number of halogens is 1. The average Bonchev–Trinajstić information content (AvgIpc) is 2.91. The molecule has 3 rings (SSSR count). The van der Waals surface area contributed by atoms with Gasteiger partial charge in [0.25, 0.3) is 11.8 Å². The van der Waals surface area contributed by atoms with Crippen LogP contribution in [0, 0.1) is 12.2 Å². The number of amides is 2. The topological polar surface area (TPSA) is 66.8 Å². The number of hydrogen-bond donors (Lipinski definition) is 1. The lowest BCUT2D eigenvalue weighted by Crippen LogP contribution is -2.31. The summed E-state index contributed by atoms with van der Waals surface area (Å²) in [6.07, 6.45) is 1.90. The molecule has 1 atom stereocenters. The number of carbonyl (C=O) groups is 2. The zero-order valence-corrected chi connectivity index (χ0v) is 15.0. The Hall–Kier alpha value is -2.73. The number of ether oxygens (including phenoxy) is 1. The van der Waals surface area contributed by atoms with Crippen molar-refractivity contribution in [2.45, 2.75) is 25.9 Å². The van der Waals surface area contributed by atoms with Crippen LogP contribution >= 0.6 is 0 Å². The summed E-state index contributed by atoms with van der Waals surface area (Å²) in [6, 6.07) is 11.1. The molecule has 0 aliphatic carbocycles. The summed E-state index contributed by atoms with van der Waals surface area (Å²) < 4.78 is 19.5. The van der Waals surface area contributed by atoms with Crippen molar-refractivity contribution in [3.8, 4) is 5.75 Å². The van der Waals surface area contributed by atoms with Crippen molar-refractivity contribution in [3.05, 3.63) is 71.4 Å². The van der Waals surface area contributed by atoms with Gasteiger partial charge in [-0.15, -0.1) is 0 Å². The summed E-state index contributed by atoms with van der Waals surface area (Å²) >= 11 is 0. The van der Waals surface area contributed by atoms with E-state index in [1.165, 1.54) is 17.0 Å². The molecule has 0 saturated heterocycles. The van der Waals surface area contributed by atoms with Crippen molar-refractivity contribution >= 4 is 11.8 Å². The second kappa shape index (κ2) is 8.31. The monoisotopic (exact) mass is 370 g/mol. The molecule has 5 nitrogen and oxygen atoms in total. The molecule has 1 N–H and O–H groups in total. The SMILES string of the molecule is C[CH]CC(O)c1ccc(OCCCN2C(=O)c3ccccc3C2=O)c(F)c1. The summed E-state index contributed by atoms with van der Waals surface area (Å²) in [6.45, 7) is 2.19. The normalized spacial score (nSPS) is 14.4. The molecule has 6 heteroatoms. The maximum atomic E-state index is 14.1. The highest BCUT2D eigenvalue weighted by Gasteiger charge is 2.34. The van der Waals surface area contributed by atoms with Crippen molar-refractivity contribution in [1.29, 1.82) is 0 Å². The maximum absolute atomic E-state index is 14.1. The highest BCUT2D eigenvalue weighted by atomic mass is 19.1. The average molecular weight is 370 g/mol. The molecule has 1 radical (unpaired) electrons. The molecule has 1 unspecified atom stereocenters. The van der Waals surface area contributed by atoms with Gasteiger partial charge in [0.05, 0.1) is 23.8 Å². The van der Waals surface area contributed by atoms with Crippen LogP contribution in [0.3, 0.4) is 0 Å². The number of carbonyl (C=O) groups excluding carboxylic acids is 2. The Morgan fingerprint density at radius 2 is 1.81 bits per heavy atom. The Bertz CT molecular complexity index is 817. The van der Waals surface area contributed by atoms with E-state index >= 15 is 0 Å². The molecule has 1 aliphatic rings. The Morgan fingerprint density at radius 1 is 1.15 bits per heavy atom. The molecule has 141 valence electrons. The van der Waals surface area contributed by atoms with Gasteiger partial charge in [0.15, 0.2) is 11.6 Å². The maximum Gasteiger partial charge on any atom is 0.261 e. The van der Waals surface area contributed by atoms with Gasteiger partial charge in [-0.25, -0.2) is 4.39 Å². The Kier molecular flexibility index (Phi) is 5.86. The van der Waals surface area contributed by atoms with E-state index < -0.39 is 11.9 Å². The van der Waals surface area contributed by atoms with E-state index in [4.69, 9.17) is 4.74 Å². The second-order valence-corrected chi connectivity index (χ2v) is 6.36. The van der Waals surface area contributed by atoms with Gasteiger partial charge >= 0.3 is 0 Å². The molecule has 2 amide bonds. The fraction of sp³-hybridized carbons (Fsp3) is 0.286. The molecule has 0 bridgehead atoms. The number of benzene rings is 2. The van der Waals surface area contributed by atoms with E-state index in [1.807, 2.05) is 13.3 Å². The van der Waals surface area contributed by atoms with Crippen molar-refractivity contribution < 1.29 is 23.8 Å². The van der Waals surface area contributed by atoms with Gasteiger partial charge in [0, 0.05) is 6.54 Å². The van der Waals surface area contributed by atoms with Crippen LogP contribution in [0.15, 0.2) is 42.5 Å². The van der Waals surface area contributed by atoms with Crippen molar-refractivity contribution in [2.24, 2.45) is 0 Å². The Labute approximate surface area is 157 Å². The lowest BCUT2D eigenvalue weighted by Gasteiger charge is -2.15. The molecule has 0 fully saturated rings. The largest absolute Gasteiger partial charge is 0.490 e. The quantitative estimate of drug-likeness (QED) is 0.570. The van der Waals surface area contributed by atoms with Gasteiger partial charge in [-0.1, -0.05) is 25.1 Å². The minimum Gasteiger partial charge on any atom is -0.490 e. The van der Waals surface area contributed by atoms with Crippen LogP contribution in [0.1, 0.15) is 52.1 Å². The Balaban J connectivity index is 1.52. The molecule has 1 aliphatic heterocycles. The van der Waals surface area contributed by atoms with Crippen molar-refractivity contribution in [1.82, 2.24) is 4.90 Å². The van der Waals surface area contributed by atoms with E-state index in [2.05, 4.69) is 0 Å². The molecule has 27 heavy (non-hydrogen) atoms. The van der Waals surface area contributed by atoms with Crippen LogP contribution in [-0.4, -0.2) is 35.0 Å². The van der Waals surface area contributed by atoms with Gasteiger partial charge in [-0.3, -0.25) is 14.5 Å². The van der Waals surface area contributed by atoms with E-state index in [0.29, 0.717) is 29.5 Å². The first-order valence-electron chi connectivity index (χ1n) is 8.86. The Morgan fingerprint density at radius 3 is 2.41 bits per heavy atom. The third kappa shape index (κ3) is 4.01. The number of imide groups is 1. The fourth-order valence-electron chi connectivity index (χ4n) is 3.05. The smallest absolute Gasteiger partial charge is 0.261 e. The van der Waals surface area contributed by atoms with Crippen LogP contribution < -0.4 is 4.74 Å². The lowest BCUT2D eigenvalue weighted by molar-refractivity contribution is 0.0646. The minimum absolute atomic E-state index is 0.0776. The molecular weight excluding hydrogens is 349 g/mol. The number of nitrogens with zero attached hydrogens (tertiary/aromatic N) is 1. The van der Waals surface area contributed by atoms with Crippen LogP contribution in [0.4, 0.5) is 4.39 Å². The van der Waals surface area contributed by atoms with E-state index in [-0.39, 0.29) is 30.7 Å². The van der Waals surface area contributed by atoms with E-state index in [1.54, 1.807) is 30.3 Å². The number of aliphatic hydroxyl groups excluding tert-OH is 1. The highest BCUT2D eigenvalue weighted by molar-refractivity contribution is 6.21. The van der Waals surface area contributed by atoms with Crippen LogP contribution in [0.2, 0.25) is 0 Å². The summed E-state index contributed by atoms with van der Waals surface area (Å²) in [5.74, 6) is -1.10. The first kappa shape index (κ1) is 19.0. The molecule has 0 spiro atoms. The van der Waals surface area contributed by atoms with Gasteiger partial charge in [0.2, 0.25) is 0 Å². The zero-order valence-electron chi connectivity index (χ0n) is 15.0. The van der Waals surface area contributed by atoms with E-state index in [9.17, 15) is 19.1 Å². The fourth-order valence-corrected chi connectivity index (χ4v) is 3.05. The molecule has 2 aromatic carbocycles. The molecule has 0 aromatic heterocycles. The third-order valence-electron chi connectivity index (χ3n) is 4.46. The van der Waals surface area contributed by atoms with E-state index in [0.717, 1.165) is 0 Å². The minimum atomic E-state index is -0.743. The van der Waals surface area contributed by atoms with Gasteiger partial charge < -0.3 is 9.84 Å². The number of rotatable bonds is 8. The summed E-state index contributed by atoms with van der Waals surface area (Å²) in [4.78, 5) is 25.7. The number of fused-ring (bicyclic) bond motifs is 1. The first-order valence-corrected chi connectivity index (χ1v) is 8.86. The van der Waals surface area contributed by atoms with Crippen molar-refractivity contribution in [3.63, 3.8) is 0 Å². The van der Waals surface area contributed by atoms with Gasteiger partial charge in [-0.2, -0.15) is 0 Å². The summed E-state index contributed by atoms with van der Waals surface area (Å²) in [7, 11) is 0. The highest BCUT2D eigenvalue weighted by Crippen LogP contribution is 2.25. The summed E-state index contributed by atoms with van der Waals surface area (Å²) in [5.41, 5.74) is 1.31. The first-order chi connectivity index (χ1) is 13.0.